The van der Waals surface area contributed by atoms with Crippen LogP contribution >= 0.6 is 7.82 Å². The van der Waals surface area contributed by atoms with Crippen molar-refractivity contribution in [3.05, 3.63) is 95.6 Å². The van der Waals surface area contributed by atoms with Crippen LogP contribution in [-0.4, -0.2) is 75.2 Å². The molecule has 0 heterocycles. The molecule has 0 saturated heterocycles. The molecule has 0 aliphatic carbocycles. The Morgan fingerprint density at radius 1 is 0.737 bits per heavy atom. The third-order valence-corrected chi connectivity index (χ3v) is 11.0. The molecule has 0 spiro atoms. The second kappa shape index (κ2) is 23.7. The van der Waals surface area contributed by atoms with Gasteiger partial charge in [-0.1, -0.05) is 98.4 Å². The van der Waals surface area contributed by atoms with Gasteiger partial charge in [0.2, 0.25) is 0 Å². The Labute approximate surface area is 335 Å². The lowest BCUT2D eigenvalue weighted by Gasteiger charge is -2.22. The van der Waals surface area contributed by atoms with Crippen LogP contribution in [0.4, 0.5) is 26.7 Å². The summed E-state index contributed by atoms with van der Waals surface area (Å²) in [5, 5.41) is 0. The van der Waals surface area contributed by atoms with Gasteiger partial charge in [0.1, 0.15) is 29.6 Å². The summed E-state index contributed by atoms with van der Waals surface area (Å²) in [5.41, 5.74) is 4.79. The van der Waals surface area contributed by atoms with Crippen molar-refractivity contribution in [2.24, 2.45) is 0 Å². The summed E-state index contributed by atoms with van der Waals surface area (Å²) in [4.78, 5) is 32.7. The fourth-order valence-electron chi connectivity index (χ4n) is 6.15. The topological polar surface area (TPSA) is 129 Å². The van der Waals surface area contributed by atoms with Crippen LogP contribution in [0, 0.1) is 0 Å². The molecule has 0 radical (unpaired) electrons. The summed E-state index contributed by atoms with van der Waals surface area (Å²) in [6.07, 6.45) is -1.37. The van der Waals surface area contributed by atoms with Crippen molar-refractivity contribution in [3.63, 3.8) is 0 Å². The molecule has 2 N–H and O–H groups in total. The fourth-order valence-corrected chi connectivity index (χ4v) is 7.74. The Balaban J connectivity index is 1.48. The summed E-state index contributed by atoms with van der Waals surface area (Å²) in [7, 11) is -4.71. The van der Waals surface area contributed by atoms with Gasteiger partial charge in [0.25, 0.3) is 0 Å². The number of carbonyl (C=O) groups is 1. The standard InChI is InChI=1S/C41H53F5NO8PS/c1-3-37(32-16-11-10-12-17-32)38(34-20-24-36(25-21-34)55-56(49,50)51)33-18-22-35(23-19-33)54-29-28-47(39(48)53-4-2)27-13-8-6-5-7-9-14-30-57(52)31-15-26-40(42,43)41(44,45)46/h10-12,16-25H,3-9,13-15,26-31H2,1-2H3,(H2,49,50,51)/b38-37+. The number of rotatable bonds is 25. The van der Waals surface area contributed by atoms with E-state index in [-0.39, 0.29) is 30.5 Å². The van der Waals surface area contributed by atoms with Gasteiger partial charge in [0.05, 0.1) is 13.2 Å². The molecule has 9 nitrogen and oxygen atoms in total. The lowest BCUT2D eigenvalue weighted by molar-refractivity contribution is -0.284. The summed E-state index contributed by atoms with van der Waals surface area (Å²) < 4.78 is 102. The zero-order valence-corrected chi connectivity index (χ0v) is 34.1. The predicted octanol–water partition coefficient (Wildman–Crippen LogP) is 10.8. The van der Waals surface area contributed by atoms with E-state index in [9.17, 15) is 45.7 Å². The number of halogens is 5. The average Bonchev–Trinajstić information content (AvgIpc) is 3.15. The minimum Gasteiger partial charge on any atom is -0.616 e. The van der Waals surface area contributed by atoms with Gasteiger partial charge in [-0.15, -0.1) is 0 Å². The average molecular weight is 846 g/mol. The van der Waals surface area contributed by atoms with Gasteiger partial charge in [-0.2, -0.15) is 22.0 Å². The second-order valence-corrected chi connectivity index (χ2v) is 16.2. The zero-order chi connectivity index (χ0) is 41.9. The van der Waals surface area contributed by atoms with Crippen LogP contribution in [0.1, 0.15) is 94.7 Å². The lowest BCUT2D eigenvalue weighted by atomic mass is 9.88. The van der Waals surface area contributed by atoms with Crippen LogP contribution < -0.4 is 9.26 Å². The van der Waals surface area contributed by atoms with Crippen LogP contribution in [0.3, 0.4) is 0 Å². The Morgan fingerprint density at radius 2 is 1.28 bits per heavy atom. The minimum atomic E-state index is -5.58. The number of phosphoric acid groups is 1. The maximum Gasteiger partial charge on any atom is 0.524 e. The van der Waals surface area contributed by atoms with Crippen molar-refractivity contribution in [3.8, 4) is 11.5 Å². The molecular formula is C41H53F5NO8PS. The molecule has 1 unspecified atom stereocenters. The molecular weight excluding hydrogens is 792 g/mol. The van der Waals surface area contributed by atoms with E-state index < -0.39 is 50.0 Å². The van der Waals surface area contributed by atoms with Crippen molar-refractivity contribution in [2.45, 2.75) is 90.2 Å². The van der Waals surface area contributed by atoms with Gasteiger partial charge in [0.15, 0.2) is 0 Å². The third kappa shape index (κ3) is 17.0. The second-order valence-electron chi connectivity index (χ2n) is 13.4. The van der Waals surface area contributed by atoms with E-state index in [1.54, 1.807) is 24.0 Å². The molecule has 0 aliphatic heterocycles. The zero-order valence-electron chi connectivity index (χ0n) is 32.4. The highest BCUT2D eigenvalue weighted by atomic mass is 32.2. The van der Waals surface area contributed by atoms with E-state index in [2.05, 4.69) is 6.92 Å². The normalized spacial score (nSPS) is 13.2. The van der Waals surface area contributed by atoms with Crippen LogP contribution in [0.5, 0.6) is 11.5 Å². The van der Waals surface area contributed by atoms with E-state index >= 15 is 0 Å². The van der Waals surface area contributed by atoms with Crippen LogP contribution in [0.25, 0.3) is 11.1 Å². The van der Waals surface area contributed by atoms with E-state index in [4.69, 9.17) is 14.0 Å². The maximum absolute atomic E-state index is 13.0. The smallest absolute Gasteiger partial charge is 0.524 e. The first-order chi connectivity index (χ1) is 27.0. The van der Waals surface area contributed by atoms with Crippen molar-refractivity contribution in [1.82, 2.24) is 4.90 Å². The van der Waals surface area contributed by atoms with Crippen LogP contribution in [0.2, 0.25) is 0 Å². The van der Waals surface area contributed by atoms with E-state index in [0.717, 1.165) is 66.4 Å². The monoisotopic (exact) mass is 845 g/mol. The number of amides is 1. The molecule has 0 aromatic heterocycles. The Morgan fingerprint density at radius 3 is 1.82 bits per heavy atom. The van der Waals surface area contributed by atoms with Gasteiger partial charge in [-0.05, 0) is 91.1 Å². The molecule has 3 aromatic rings. The minimum absolute atomic E-state index is 0.0500. The summed E-state index contributed by atoms with van der Waals surface area (Å²) in [5.74, 6) is -3.99. The highest BCUT2D eigenvalue weighted by Gasteiger charge is 2.56. The molecule has 0 bridgehead atoms. The predicted molar refractivity (Wildman–Crippen MR) is 213 cm³/mol. The molecule has 0 saturated carbocycles. The Hall–Kier alpha value is -3.62. The summed E-state index contributed by atoms with van der Waals surface area (Å²) in [6.45, 7) is 5.07. The highest BCUT2D eigenvalue weighted by molar-refractivity contribution is 7.91. The van der Waals surface area contributed by atoms with Gasteiger partial charge in [-0.3, -0.25) is 9.79 Å². The number of benzene rings is 3. The number of phosphoric ester groups is 1. The third-order valence-electron chi connectivity index (χ3n) is 9.02. The number of nitrogens with zero attached hydrogens (tertiary/aromatic N) is 1. The summed E-state index contributed by atoms with van der Waals surface area (Å²) >= 11 is -1.43. The number of hydrogen-bond acceptors (Lipinski definition) is 6. The van der Waals surface area contributed by atoms with E-state index in [1.165, 1.54) is 12.1 Å². The number of allylic oxidation sites excluding steroid dienone is 1. The maximum atomic E-state index is 13.0. The molecule has 1 amide bonds. The van der Waals surface area contributed by atoms with E-state index in [1.807, 2.05) is 54.6 Å². The molecule has 3 rings (SSSR count). The largest absolute Gasteiger partial charge is 0.616 e. The fraction of sp³-hybridized carbons (Fsp3) is 0.488. The van der Waals surface area contributed by atoms with Gasteiger partial charge >= 0.3 is 26.0 Å². The first-order valence-corrected chi connectivity index (χ1v) is 22.1. The molecule has 16 heteroatoms. The first-order valence-electron chi connectivity index (χ1n) is 19.1. The number of unbranched alkanes of at least 4 members (excludes halogenated alkanes) is 6. The highest BCUT2D eigenvalue weighted by Crippen LogP contribution is 2.40. The SMILES string of the molecule is CCOC(=O)N(CCCCCCCCC[S+]([O-])CCCC(F)(F)C(F)(F)F)CCOc1ccc(/C(=C(/CC)c2ccccc2)c2ccc(OP(=O)(O)O)cc2)cc1. The van der Waals surface area contributed by atoms with Crippen LogP contribution in [-0.2, 0) is 20.5 Å². The van der Waals surface area contributed by atoms with Crippen LogP contribution in [0.15, 0.2) is 78.9 Å². The summed E-state index contributed by atoms with van der Waals surface area (Å²) in [6, 6.07) is 24.1. The molecule has 316 valence electrons. The van der Waals surface area contributed by atoms with Gasteiger partial charge in [0, 0.05) is 13.0 Å². The van der Waals surface area contributed by atoms with Crippen molar-refractivity contribution < 1.29 is 59.6 Å². The van der Waals surface area contributed by atoms with Crippen molar-refractivity contribution in [1.29, 1.82) is 0 Å². The molecule has 1 atom stereocenters. The number of ether oxygens (including phenoxy) is 2. The molecule has 3 aromatic carbocycles. The van der Waals surface area contributed by atoms with Crippen molar-refractivity contribution in [2.75, 3.05) is 37.8 Å². The molecule has 57 heavy (non-hydrogen) atoms. The lowest BCUT2D eigenvalue weighted by Crippen LogP contribution is -2.36. The Kier molecular flexibility index (Phi) is 19.9. The number of hydrogen-bond donors (Lipinski definition) is 2. The quantitative estimate of drug-likeness (QED) is 0.0284. The number of carbonyl (C=O) groups excluding carboxylic acids is 1. The molecule has 0 aliphatic rings. The van der Waals surface area contributed by atoms with Gasteiger partial charge in [-0.25, -0.2) is 9.36 Å². The first kappa shape index (κ1) is 47.8. The molecule has 0 fully saturated rings. The van der Waals surface area contributed by atoms with Gasteiger partial charge < -0.3 is 23.5 Å². The Bertz CT molecular complexity index is 1710. The van der Waals surface area contributed by atoms with E-state index in [0.29, 0.717) is 31.7 Å². The van der Waals surface area contributed by atoms with Crippen molar-refractivity contribution >= 4 is 36.2 Å². The number of alkyl halides is 5.